The fourth-order valence-corrected chi connectivity index (χ4v) is 5.29. The Morgan fingerprint density at radius 2 is 1.77 bits per heavy atom. The third-order valence-corrected chi connectivity index (χ3v) is 6.43. The Morgan fingerprint density at radius 3 is 2.31 bits per heavy atom. The first-order chi connectivity index (χ1) is 12.4. The molecule has 5 rings (SSSR count). The average Bonchev–Trinajstić information content (AvgIpc) is 3.11. The largest absolute Gasteiger partial charge is 0.677 e. The second-order valence-electron chi connectivity index (χ2n) is 7.71. The molecule has 0 spiro atoms. The molecule has 2 atom stereocenters. The zero-order valence-electron chi connectivity index (χ0n) is 16.2. The summed E-state index contributed by atoms with van der Waals surface area (Å²) in [6.45, 7) is 9.83. The molecule has 2 bridgehead atoms. The minimum Gasteiger partial charge on any atom is -0.329 e. The second-order valence-corrected chi connectivity index (χ2v) is 7.71. The van der Waals surface area contributed by atoms with Gasteiger partial charge in [0.25, 0.3) is 0 Å². The van der Waals surface area contributed by atoms with E-state index in [4.69, 9.17) is 4.99 Å². The lowest BCUT2D eigenvalue weighted by Gasteiger charge is -2.33. The summed E-state index contributed by atoms with van der Waals surface area (Å²) < 4.78 is 29.0. The monoisotopic (exact) mass is 354 g/mol. The number of halogens is 2. The fourth-order valence-electron chi connectivity index (χ4n) is 5.29. The molecular weight excluding hydrogens is 329 g/mol. The van der Waals surface area contributed by atoms with Gasteiger partial charge in [0.05, 0.1) is 5.70 Å². The van der Waals surface area contributed by atoms with Crippen molar-refractivity contribution in [3.05, 3.63) is 51.5 Å². The summed E-state index contributed by atoms with van der Waals surface area (Å²) in [4.78, 5) is 4.88. The summed E-state index contributed by atoms with van der Waals surface area (Å²) in [7, 11) is -2.54. The molecule has 0 saturated heterocycles. The molecule has 26 heavy (non-hydrogen) atoms. The van der Waals surface area contributed by atoms with E-state index in [1.807, 2.05) is 20.8 Å². The molecule has 1 aliphatic heterocycles. The minimum absolute atomic E-state index is 0.378. The van der Waals surface area contributed by atoms with E-state index in [1.54, 1.807) is 6.92 Å². The van der Waals surface area contributed by atoms with Crippen molar-refractivity contribution < 1.29 is 8.63 Å². The van der Waals surface area contributed by atoms with Crippen molar-refractivity contribution in [1.29, 1.82) is 0 Å². The van der Waals surface area contributed by atoms with Gasteiger partial charge in [-0.1, -0.05) is 19.1 Å². The van der Waals surface area contributed by atoms with Gasteiger partial charge < -0.3 is 4.48 Å². The second kappa shape index (κ2) is 6.07. The van der Waals surface area contributed by atoms with Gasteiger partial charge in [-0.15, -0.1) is 0 Å². The predicted octanol–water partition coefficient (Wildman–Crippen LogP) is 5.54. The number of aliphatic imine (C=N–C) groups is 1. The lowest BCUT2D eigenvalue weighted by atomic mass is 9.70. The highest BCUT2D eigenvalue weighted by Gasteiger charge is 2.39. The van der Waals surface area contributed by atoms with Crippen LogP contribution in [0, 0.1) is 25.7 Å². The maximum Gasteiger partial charge on any atom is 0.677 e. The van der Waals surface area contributed by atoms with Crippen molar-refractivity contribution in [2.75, 3.05) is 0 Å². The molecule has 4 aliphatic rings. The van der Waals surface area contributed by atoms with Crippen LogP contribution in [0.15, 0.2) is 34.0 Å². The summed E-state index contributed by atoms with van der Waals surface area (Å²) in [5.41, 5.74) is 8.83. The van der Waals surface area contributed by atoms with E-state index < -0.39 is 7.40 Å². The van der Waals surface area contributed by atoms with Crippen LogP contribution in [0.2, 0.25) is 0 Å². The van der Waals surface area contributed by atoms with Crippen LogP contribution in [0.4, 0.5) is 8.63 Å². The van der Waals surface area contributed by atoms with Crippen molar-refractivity contribution in [3.8, 4) is 0 Å². The molecule has 1 aromatic rings. The molecule has 0 radical (unpaired) electrons. The first-order valence-corrected chi connectivity index (χ1v) is 9.54. The van der Waals surface area contributed by atoms with Gasteiger partial charge in [-0.2, -0.15) is 0 Å². The highest BCUT2D eigenvalue weighted by atomic mass is 19.2. The lowest BCUT2D eigenvalue weighted by Crippen LogP contribution is -2.23. The van der Waals surface area contributed by atoms with Gasteiger partial charge in [0.1, 0.15) is 0 Å². The molecule has 2 heterocycles. The van der Waals surface area contributed by atoms with E-state index in [-0.39, 0.29) is 0 Å². The molecular formula is C21H25BF2N2. The Labute approximate surface area is 154 Å². The van der Waals surface area contributed by atoms with E-state index in [0.29, 0.717) is 23.2 Å². The summed E-state index contributed by atoms with van der Waals surface area (Å²) in [5.74, 6) is 0.822. The predicted molar refractivity (Wildman–Crippen MR) is 105 cm³/mol. The minimum atomic E-state index is -2.54. The number of allylic oxidation sites excluding steroid dienone is 5. The molecule has 1 aromatic heterocycles. The van der Waals surface area contributed by atoms with E-state index in [0.717, 1.165) is 41.0 Å². The fraction of sp³-hybridized carbons (Fsp3) is 0.476. The van der Waals surface area contributed by atoms with Crippen molar-refractivity contribution in [2.45, 2.75) is 53.9 Å². The van der Waals surface area contributed by atoms with Gasteiger partial charge in [0, 0.05) is 28.9 Å². The zero-order chi connectivity index (χ0) is 18.7. The van der Waals surface area contributed by atoms with Crippen LogP contribution in [-0.2, 0) is 6.42 Å². The topological polar surface area (TPSA) is 17.3 Å². The Balaban J connectivity index is 1.96. The van der Waals surface area contributed by atoms with E-state index in [2.05, 4.69) is 19.1 Å². The number of rotatable bonds is 3. The first-order valence-electron chi connectivity index (χ1n) is 9.54. The Hall–Kier alpha value is -1.91. The van der Waals surface area contributed by atoms with Crippen molar-refractivity contribution in [3.63, 3.8) is 0 Å². The summed E-state index contributed by atoms with van der Waals surface area (Å²) >= 11 is 0. The van der Waals surface area contributed by atoms with E-state index in [9.17, 15) is 8.63 Å². The number of fused-ring (bicyclic) bond motifs is 1. The van der Waals surface area contributed by atoms with Gasteiger partial charge in [-0.25, -0.2) is 0 Å². The third-order valence-electron chi connectivity index (χ3n) is 6.43. The number of nitrogens with zero attached hydrogens (tertiary/aromatic N) is 2. The molecule has 5 heteroatoms. The molecule has 0 unspecified atom stereocenters. The molecule has 0 amide bonds. The van der Waals surface area contributed by atoms with Crippen LogP contribution >= 0.6 is 0 Å². The maximum absolute atomic E-state index is 13.9. The van der Waals surface area contributed by atoms with Crippen LogP contribution in [0.3, 0.4) is 0 Å². The molecule has 2 nitrogen and oxygen atoms in total. The van der Waals surface area contributed by atoms with Gasteiger partial charge in [0.2, 0.25) is 0 Å². The molecule has 136 valence electrons. The summed E-state index contributed by atoms with van der Waals surface area (Å²) in [5, 5.41) is 0. The Bertz CT molecular complexity index is 915. The van der Waals surface area contributed by atoms with Gasteiger partial charge in [-0.05, 0) is 74.8 Å². The molecule has 0 aromatic carbocycles. The Kier molecular flexibility index (Phi) is 4.09. The summed E-state index contributed by atoms with van der Waals surface area (Å²) in [6, 6.07) is 0. The smallest absolute Gasteiger partial charge is 0.329 e. The standard InChI is InChI=1S/C21H25BF2N2/c1-6-17-11(2)21(26(14(17)5)22(23)24)12(3)20-19-16-9-7-15(8-10-16)18(19)13(4)25-20/h7,9,15-16H,6,8,10H2,1-5H3/b20-12-/t15-,16+/m1/s1. The van der Waals surface area contributed by atoms with E-state index >= 15 is 0 Å². The van der Waals surface area contributed by atoms with E-state index in [1.165, 1.54) is 22.0 Å². The first kappa shape index (κ1) is 17.5. The van der Waals surface area contributed by atoms with Crippen molar-refractivity contribution in [1.82, 2.24) is 4.48 Å². The number of aromatic nitrogens is 1. The Morgan fingerprint density at radius 1 is 1.15 bits per heavy atom. The van der Waals surface area contributed by atoms with Gasteiger partial charge in [-0.3, -0.25) is 13.6 Å². The van der Waals surface area contributed by atoms with Gasteiger partial charge >= 0.3 is 7.40 Å². The van der Waals surface area contributed by atoms with Crippen LogP contribution in [0.5, 0.6) is 0 Å². The quantitative estimate of drug-likeness (QED) is 0.501. The van der Waals surface area contributed by atoms with Crippen LogP contribution in [0.1, 0.15) is 56.1 Å². The molecule has 0 saturated carbocycles. The maximum atomic E-state index is 13.9. The van der Waals surface area contributed by atoms with Crippen LogP contribution < -0.4 is 0 Å². The third kappa shape index (κ3) is 2.25. The zero-order valence-corrected chi connectivity index (χ0v) is 16.2. The van der Waals surface area contributed by atoms with Crippen LogP contribution in [-0.4, -0.2) is 17.6 Å². The normalized spacial score (nSPS) is 25.7. The molecule has 0 N–H and O–H groups in total. The highest BCUT2D eigenvalue weighted by molar-refractivity contribution is 6.41. The number of hydrogen-bond donors (Lipinski definition) is 0. The highest BCUT2D eigenvalue weighted by Crippen LogP contribution is 2.49. The lowest BCUT2D eigenvalue weighted by molar-refractivity contribution is 0.501. The molecule has 0 fully saturated rings. The average molecular weight is 354 g/mol. The van der Waals surface area contributed by atoms with Crippen LogP contribution in [0.25, 0.3) is 5.57 Å². The van der Waals surface area contributed by atoms with Gasteiger partial charge in [0.15, 0.2) is 0 Å². The molecule has 3 aliphatic carbocycles. The van der Waals surface area contributed by atoms with Crippen molar-refractivity contribution in [2.24, 2.45) is 16.8 Å². The summed E-state index contributed by atoms with van der Waals surface area (Å²) in [6.07, 6.45) is 7.65. The van der Waals surface area contributed by atoms with Crippen molar-refractivity contribution >= 4 is 18.7 Å². The number of hydrogen-bond acceptors (Lipinski definition) is 1. The SMILES string of the molecule is CCc1c(C)c(/C(C)=C2\N=C(C)C3=C2[C@H]2C=C[C@@H]3CC2)n(B(F)F)c1C.